The fourth-order valence-corrected chi connectivity index (χ4v) is 13.5. The van der Waals surface area contributed by atoms with Crippen molar-refractivity contribution in [3.63, 3.8) is 0 Å². The molecule has 1 aliphatic rings. The molecule has 91 heavy (non-hydrogen) atoms. The molecular weight excluding hydrogens is 1290 g/mol. The predicted octanol–water partition coefficient (Wildman–Crippen LogP) is 21.2. The molecule has 0 aliphatic carbocycles. The maximum atomic E-state index is 9.56. The molecule has 11 aromatic carbocycles. The van der Waals surface area contributed by atoms with Crippen LogP contribution in [0.3, 0.4) is 0 Å². The maximum Gasteiger partial charge on any atom is 0.268 e. The first-order chi connectivity index (χ1) is 45.6. The van der Waals surface area contributed by atoms with Crippen molar-refractivity contribution in [2.45, 2.75) is 78.6 Å². The van der Waals surface area contributed by atoms with E-state index in [0.29, 0.717) is 22.7 Å². The van der Waals surface area contributed by atoms with Crippen LogP contribution in [0, 0.1) is 18.5 Å². The summed E-state index contributed by atoms with van der Waals surface area (Å²) in [6.07, 6.45) is 5.94. The van der Waals surface area contributed by atoms with Gasteiger partial charge in [0.1, 0.15) is 5.82 Å². The smallest absolute Gasteiger partial charge is 0.268 e. The largest absolute Gasteiger partial charge is 0.510 e. The molecule has 0 fully saturated rings. The molecule has 0 spiro atoms. The van der Waals surface area contributed by atoms with E-state index >= 15 is 0 Å². The molecule has 0 N–H and O–H groups in total. The number of imidazole rings is 1. The molecule has 0 radical (unpaired) electrons. The minimum Gasteiger partial charge on any atom is -0.510 e. The van der Waals surface area contributed by atoms with Crippen LogP contribution in [0.15, 0.2) is 243 Å². The summed E-state index contributed by atoms with van der Waals surface area (Å²) in [6, 6.07) is 77.8. The molecule has 446 valence electrons. The standard InChI is InChI=1S/C84H67N5O.Pt/c1-82(2,3)56-42-43-85-78(49-56)89-74-38-20-17-31-66(74)67-41-40-61(51-76(67)89)90-60-27-21-26-59(50-60)86-52-87-80-70(35-23-39-75(80)88-72-36-18-15-29-64(72)65-30-16-19-37-73(65)88)69-34-22-33-62(53-24-11-10-12-25-53)79(69)68-32-14-13-28-63(68)71-46-55(47-77(86)81(71)87)54-44-57(83(4,5)6)48-58(45-54)84(7,8)9;/h10-49H,1-9H3;/q-2;/i10D,11D,12D,24D,25D;. The summed E-state index contributed by atoms with van der Waals surface area (Å²) >= 11 is 0. The Bertz CT molecular complexity index is 5620. The maximum absolute atomic E-state index is 9.56. The Labute approximate surface area is 553 Å². The van der Waals surface area contributed by atoms with Crippen LogP contribution >= 0.6 is 0 Å². The van der Waals surface area contributed by atoms with Crippen molar-refractivity contribution in [3.8, 4) is 90.0 Å². The third-order valence-electron chi connectivity index (χ3n) is 18.0. The van der Waals surface area contributed by atoms with E-state index in [1.54, 1.807) is 0 Å². The number of aromatic nitrogens is 5. The van der Waals surface area contributed by atoms with Crippen LogP contribution in [0.2, 0.25) is 0 Å². The number of hydrogen-bond acceptors (Lipinski definition) is 2. The molecule has 0 bridgehead atoms. The van der Waals surface area contributed by atoms with Gasteiger partial charge in [0, 0.05) is 55.1 Å². The van der Waals surface area contributed by atoms with Gasteiger partial charge in [-0.3, -0.25) is 4.57 Å². The average Bonchev–Trinajstić information content (AvgIpc) is 1.53. The van der Waals surface area contributed by atoms with Gasteiger partial charge >= 0.3 is 0 Å². The molecule has 16 rings (SSSR count). The third kappa shape index (κ3) is 9.65. The van der Waals surface area contributed by atoms with Gasteiger partial charge in [0.2, 0.25) is 0 Å². The van der Waals surface area contributed by atoms with Crippen molar-refractivity contribution in [2.24, 2.45) is 0 Å². The summed E-state index contributed by atoms with van der Waals surface area (Å²) in [5, 5.41) is 4.32. The molecule has 7 heteroatoms. The van der Waals surface area contributed by atoms with Gasteiger partial charge in [-0.2, -0.15) is 18.2 Å². The molecule has 5 heterocycles. The predicted molar refractivity (Wildman–Crippen MR) is 371 cm³/mol. The number of fused-ring (bicyclic) bond motifs is 13. The monoisotopic (exact) mass is 1360 g/mol. The summed E-state index contributed by atoms with van der Waals surface area (Å²) in [5.74, 6) is 1.79. The van der Waals surface area contributed by atoms with Gasteiger partial charge in [-0.25, -0.2) is 4.98 Å². The van der Waals surface area contributed by atoms with E-state index < -0.39 is 18.1 Å². The molecule has 15 aromatic rings. The number of hydrogen-bond donors (Lipinski definition) is 0. The summed E-state index contributed by atoms with van der Waals surface area (Å²) in [5.41, 5.74) is 18.7. The first-order valence-corrected chi connectivity index (χ1v) is 30.9. The quantitative estimate of drug-likeness (QED) is 0.118. The summed E-state index contributed by atoms with van der Waals surface area (Å²) in [7, 11) is 0. The Balaban J connectivity index is 0.00000756. The van der Waals surface area contributed by atoms with Gasteiger partial charge in [0.15, 0.2) is 0 Å². The van der Waals surface area contributed by atoms with E-state index in [4.69, 9.17) is 13.8 Å². The zero-order chi connectivity index (χ0) is 65.7. The van der Waals surface area contributed by atoms with Crippen LogP contribution in [0.4, 0.5) is 0 Å². The van der Waals surface area contributed by atoms with Crippen LogP contribution in [-0.4, -0.2) is 18.7 Å². The van der Waals surface area contributed by atoms with E-state index in [1.165, 1.54) is 16.7 Å². The fraction of sp³-hybridized carbons (Fsp3) is 0.143. The van der Waals surface area contributed by atoms with Crippen LogP contribution in [0.5, 0.6) is 11.5 Å². The van der Waals surface area contributed by atoms with E-state index in [1.807, 2.05) is 42.6 Å². The summed E-state index contributed by atoms with van der Waals surface area (Å²) in [6.45, 7) is 20.2. The minimum absolute atomic E-state index is 0. The molecule has 4 aromatic heterocycles. The molecule has 0 saturated carbocycles. The van der Waals surface area contributed by atoms with Gasteiger partial charge in [-0.15, -0.1) is 29.7 Å². The van der Waals surface area contributed by atoms with Crippen molar-refractivity contribution in [3.05, 3.63) is 278 Å². The minimum atomic E-state index is -0.446. The Morgan fingerprint density at radius 3 is 1.70 bits per heavy atom. The van der Waals surface area contributed by atoms with E-state index in [-0.39, 0.29) is 55.0 Å². The molecule has 0 saturated heterocycles. The van der Waals surface area contributed by atoms with Gasteiger partial charge in [0.05, 0.1) is 40.3 Å². The van der Waals surface area contributed by atoms with Crippen molar-refractivity contribution < 1.29 is 37.2 Å². The SMILES string of the molecule is [2H]c1c([2H])c([2H])c(-c2cccc3c2-c2ccccc2-c2cc(-c4cc(C(C)(C)C)cc(C(C)(C)C)c4)cc4c2[n+]([c-]n4-c2[c-]c(Oc4[c-]c5c(cc4)c4ccccc4n5-c4cc(C(C)(C)C)ccn4)ccc2)-c2c-3cccc2-n2c3ccccc3c3ccccc32)c([2H])c1[2H].[Pt]. The zero-order valence-electron chi connectivity index (χ0n) is 57.2. The van der Waals surface area contributed by atoms with E-state index in [0.717, 1.165) is 116 Å². The number of benzene rings is 11. The Morgan fingerprint density at radius 1 is 0.440 bits per heavy atom. The number of ether oxygens (including phenoxy) is 1. The van der Waals surface area contributed by atoms with Crippen LogP contribution in [0.25, 0.3) is 133 Å². The van der Waals surface area contributed by atoms with Crippen molar-refractivity contribution >= 4 is 54.6 Å². The third-order valence-corrected chi connectivity index (χ3v) is 18.0. The molecule has 0 atom stereocenters. The topological polar surface area (TPSA) is 40.8 Å². The Kier molecular flexibility index (Phi) is 12.4. The van der Waals surface area contributed by atoms with Crippen molar-refractivity contribution in [2.75, 3.05) is 0 Å². The van der Waals surface area contributed by atoms with Crippen LogP contribution in [0.1, 0.15) is 85.9 Å². The number of para-hydroxylation sites is 4. The average molecular weight is 1360 g/mol. The number of pyridine rings is 1. The summed E-state index contributed by atoms with van der Waals surface area (Å²) < 4.78 is 61.7. The molecule has 0 unspecified atom stereocenters. The molecular formula is C84H67N5OPt-2. The Morgan fingerprint density at radius 2 is 1.01 bits per heavy atom. The summed E-state index contributed by atoms with van der Waals surface area (Å²) in [4.78, 5) is 4.94. The van der Waals surface area contributed by atoms with Gasteiger partial charge in [-0.1, -0.05) is 232 Å². The van der Waals surface area contributed by atoms with Crippen LogP contribution in [-0.2, 0) is 37.3 Å². The second kappa shape index (κ2) is 21.7. The van der Waals surface area contributed by atoms with Crippen LogP contribution < -0.4 is 9.30 Å². The van der Waals surface area contributed by atoms with E-state index in [2.05, 4.69) is 269 Å². The second-order valence-corrected chi connectivity index (χ2v) is 26.9. The second-order valence-electron chi connectivity index (χ2n) is 26.9. The molecule has 6 nitrogen and oxygen atoms in total. The first kappa shape index (κ1) is 52.0. The molecule has 0 amide bonds. The van der Waals surface area contributed by atoms with E-state index in [9.17, 15) is 2.74 Å². The zero-order valence-corrected chi connectivity index (χ0v) is 54.4. The first-order valence-electron chi connectivity index (χ1n) is 33.4. The normalized spacial score (nSPS) is 13.1. The Hall–Kier alpha value is -9.87. The van der Waals surface area contributed by atoms with Crippen molar-refractivity contribution in [1.29, 1.82) is 0 Å². The van der Waals surface area contributed by atoms with Gasteiger partial charge < -0.3 is 18.4 Å². The fourth-order valence-electron chi connectivity index (χ4n) is 13.5. The number of rotatable bonds is 7. The number of nitrogens with zero attached hydrogens (tertiary/aromatic N) is 5. The van der Waals surface area contributed by atoms with Gasteiger partial charge in [0.25, 0.3) is 6.33 Å². The van der Waals surface area contributed by atoms with Gasteiger partial charge in [-0.05, 0) is 142 Å². The van der Waals surface area contributed by atoms with Crippen molar-refractivity contribution in [1.82, 2.24) is 18.7 Å². The molecule has 1 aliphatic heterocycles.